The summed E-state index contributed by atoms with van der Waals surface area (Å²) in [5, 5.41) is 12.9. The van der Waals surface area contributed by atoms with Crippen LogP contribution in [0.1, 0.15) is 37.3 Å². The summed E-state index contributed by atoms with van der Waals surface area (Å²) < 4.78 is 5.31. The number of rotatable bonds is 5. The van der Waals surface area contributed by atoms with Crippen molar-refractivity contribution in [1.82, 2.24) is 9.80 Å². The SMILES string of the molecule is COc1ccccc1NC(=O)N1CC(=O)N2[C@H](C1)[C@@H](c1ccc(C#CCC(C)C)cc1)[C@@H]2CO. The number of benzene rings is 2. The Hall–Kier alpha value is -3.50. The number of aliphatic hydroxyl groups excluding tert-OH is 1. The molecule has 2 aliphatic heterocycles. The second-order valence-corrected chi connectivity index (χ2v) is 9.18. The number of piperazine rings is 1. The normalized spacial score (nSPS) is 21.3. The number of nitrogens with zero attached hydrogens (tertiary/aromatic N) is 2. The van der Waals surface area contributed by atoms with Crippen molar-refractivity contribution in [2.24, 2.45) is 5.92 Å². The van der Waals surface area contributed by atoms with Gasteiger partial charge in [-0.1, -0.05) is 50.0 Å². The Kier molecular flexibility index (Phi) is 7.09. The van der Waals surface area contributed by atoms with Crippen LogP contribution in [0.15, 0.2) is 48.5 Å². The van der Waals surface area contributed by atoms with Gasteiger partial charge in [0, 0.05) is 24.4 Å². The van der Waals surface area contributed by atoms with Gasteiger partial charge >= 0.3 is 6.03 Å². The van der Waals surface area contributed by atoms with E-state index >= 15 is 0 Å². The predicted molar refractivity (Wildman–Crippen MR) is 131 cm³/mol. The molecule has 7 heteroatoms. The van der Waals surface area contributed by atoms with E-state index in [0.717, 1.165) is 17.5 Å². The van der Waals surface area contributed by atoms with Gasteiger partial charge in [-0.25, -0.2) is 4.79 Å². The van der Waals surface area contributed by atoms with Crippen molar-refractivity contribution in [2.75, 3.05) is 32.1 Å². The fourth-order valence-corrected chi connectivity index (χ4v) is 4.74. The molecule has 4 rings (SSSR count). The minimum Gasteiger partial charge on any atom is -0.495 e. The van der Waals surface area contributed by atoms with Crippen molar-refractivity contribution in [1.29, 1.82) is 0 Å². The van der Waals surface area contributed by atoms with Crippen molar-refractivity contribution in [3.8, 4) is 17.6 Å². The molecule has 178 valence electrons. The van der Waals surface area contributed by atoms with Crippen LogP contribution >= 0.6 is 0 Å². The molecule has 3 amide bonds. The van der Waals surface area contributed by atoms with Gasteiger partial charge in [0.05, 0.1) is 31.5 Å². The number of nitrogens with one attached hydrogen (secondary N) is 1. The largest absolute Gasteiger partial charge is 0.495 e. The number of para-hydroxylation sites is 2. The van der Waals surface area contributed by atoms with E-state index in [1.165, 1.54) is 4.90 Å². The van der Waals surface area contributed by atoms with Crippen LogP contribution in [0.2, 0.25) is 0 Å². The molecule has 2 aromatic carbocycles. The molecular weight excluding hydrogens is 430 g/mol. The van der Waals surface area contributed by atoms with E-state index in [1.54, 1.807) is 24.1 Å². The van der Waals surface area contributed by atoms with Gasteiger partial charge in [0.15, 0.2) is 0 Å². The highest BCUT2D eigenvalue weighted by molar-refractivity contribution is 5.94. The second kappa shape index (κ2) is 10.2. The van der Waals surface area contributed by atoms with Crippen molar-refractivity contribution >= 4 is 17.6 Å². The van der Waals surface area contributed by atoms with E-state index in [4.69, 9.17) is 4.74 Å². The lowest BCUT2D eigenvalue weighted by Gasteiger charge is -2.58. The molecular formula is C27H31N3O4. The molecule has 2 N–H and O–H groups in total. The first-order chi connectivity index (χ1) is 16.4. The molecule has 0 spiro atoms. The van der Waals surface area contributed by atoms with E-state index in [2.05, 4.69) is 31.0 Å². The summed E-state index contributed by atoms with van der Waals surface area (Å²) in [5.41, 5.74) is 2.53. The van der Waals surface area contributed by atoms with Crippen molar-refractivity contribution in [2.45, 2.75) is 38.3 Å². The van der Waals surface area contributed by atoms with Crippen LogP contribution in [0.4, 0.5) is 10.5 Å². The van der Waals surface area contributed by atoms with Crippen LogP contribution in [0.5, 0.6) is 5.75 Å². The molecule has 2 aromatic rings. The second-order valence-electron chi connectivity index (χ2n) is 9.18. The number of urea groups is 1. The first-order valence-corrected chi connectivity index (χ1v) is 11.6. The van der Waals surface area contributed by atoms with E-state index in [1.807, 2.05) is 36.4 Å². The average Bonchev–Trinajstić information content (AvgIpc) is 2.81. The standard InChI is InChI=1S/C27H31N3O4/c1-18(2)7-6-8-19-11-13-20(14-12-19)26-22-15-29(16-25(32)30(22)23(26)17-31)27(33)28-21-9-4-5-10-24(21)34-3/h4-5,9-14,18,22-23,26,31H,7,15-17H2,1-3H3,(H,28,33)/t22-,23+,26-/m1/s1. The Balaban J connectivity index is 1.49. The first kappa shape index (κ1) is 23.7. The van der Waals surface area contributed by atoms with E-state index in [9.17, 15) is 14.7 Å². The maximum atomic E-state index is 13.0. The molecule has 2 heterocycles. The zero-order chi connectivity index (χ0) is 24.2. The van der Waals surface area contributed by atoms with Gasteiger partial charge in [0.1, 0.15) is 12.3 Å². The summed E-state index contributed by atoms with van der Waals surface area (Å²) >= 11 is 0. The Morgan fingerprint density at radius 2 is 1.94 bits per heavy atom. The molecule has 2 saturated heterocycles. The lowest BCUT2D eigenvalue weighted by Crippen LogP contribution is -2.73. The monoisotopic (exact) mass is 461 g/mol. The third kappa shape index (κ3) is 4.73. The summed E-state index contributed by atoms with van der Waals surface area (Å²) in [4.78, 5) is 29.1. The van der Waals surface area contributed by atoms with Gasteiger partial charge in [-0.2, -0.15) is 0 Å². The Morgan fingerprint density at radius 3 is 2.62 bits per heavy atom. The first-order valence-electron chi connectivity index (χ1n) is 11.6. The van der Waals surface area contributed by atoms with Crippen LogP contribution < -0.4 is 10.1 Å². The molecule has 0 bridgehead atoms. The molecule has 2 fully saturated rings. The Morgan fingerprint density at radius 1 is 1.21 bits per heavy atom. The summed E-state index contributed by atoms with van der Waals surface area (Å²) in [6.07, 6.45) is 0.850. The summed E-state index contributed by atoms with van der Waals surface area (Å²) in [5.74, 6) is 7.26. The highest BCUT2D eigenvalue weighted by Gasteiger charge is 2.54. The topological polar surface area (TPSA) is 82.1 Å². The number of methoxy groups -OCH3 is 1. The van der Waals surface area contributed by atoms with E-state index in [-0.39, 0.29) is 43.1 Å². The number of fused-ring (bicyclic) bond motifs is 1. The number of carbonyl (C=O) groups excluding carboxylic acids is 2. The smallest absolute Gasteiger partial charge is 0.322 e. The molecule has 0 saturated carbocycles. The van der Waals surface area contributed by atoms with Crippen LogP contribution in [-0.2, 0) is 4.79 Å². The zero-order valence-electron chi connectivity index (χ0n) is 19.8. The number of ether oxygens (including phenoxy) is 1. The van der Waals surface area contributed by atoms with Crippen LogP contribution in [0, 0.1) is 17.8 Å². The minimum atomic E-state index is -0.348. The van der Waals surface area contributed by atoms with Gasteiger partial charge in [-0.15, -0.1) is 0 Å². The molecule has 2 aliphatic rings. The van der Waals surface area contributed by atoms with E-state index < -0.39 is 0 Å². The molecule has 0 aliphatic carbocycles. The van der Waals surface area contributed by atoms with Crippen LogP contribution in [0.3, 0.4) is 0 Å². The molecule has 3 atom stereocenters. The quantitative estimate of drug-likeness (QED) is 0.670. The highest BCUT2D eigenvalue weighted by Crippen LogP contribution is 2.43. The van der Waals surface area contributed by atoms with Gasteiger partial charge in [0.25, 0.3) is 0 Å². The predicted octanol–water partition coefficient (Wildman–Crippen LogP) is 3.30. The summed E-state index contributed by atoms with van der Waals surface area (Å²) in [6, 6.07) is 14.3. The van der Waals surface area contributed by atoms with Crippen molar-refractivity contribution in [3.05, 3.63) is 59.7 Å². The Labute approximate surface area is 200 Å². The van der Waals surface area contributed by atoms with Crippen LogP contribution in [0.25, 0.3) is 0 Å². The number of carbonyl (C=O) groups is 2. The van der Waals surface area contributed by atoms with E-state index in [0.29, 0.717) is 23.9 Å². The van der Waals surface area contributed by atoms with Gasteiger partial charge in [-0.3, -0.25) is 4.79 Å². The fraction of sp³-hybridized carbons (Fsp3) is 0.407. The van der Waals surface area contributed by atoms with Crippen LogP contribution in [-0.4, -0.2) is 65.7 Å². The molecule has 7 nitrogen and oxygen atoms in total. The molecule has 0 aromatic heterocycles. The summed E-state index contributed by atoms with van der Waals surface area (Å²) in [6.45, 7) is 4.53. The summed E-state index contributed by atoms with van der Waals surface area (Å²) in [7, 11) is 1.54. The highest BCUT2D eigenvalue weighted by atomic mass is 16.5. The third-order valence-corrected chi connectivity index (χ3v) is 6.43. The number of aliphatic hydroxyl groups is 1. The fourth-order valence-electron chi connectivity index (χ4n) is 4.74. The molecule has 34 heavy (non-hydrogen) atoms. The van der Waals surface area contributed by atoms with Gasteiger partial charge in [0.2, 0.25) is 5.91 Å². The molecule has 0 unspecified atom stereocenters. The lowest BCUT2D eigenvalue weighted by atomic mass is 9.73. The van der Waals surface area contributed by atoms with Gasteiger partial charge in [-0.05, 0) is 35.7 Å². The maximum absolute atomic E-state index is 13.0. The van der Waals surface area contributed by atoms with Gasteiger partial charge < -0.3 is 25.0 Å². The number of amides is 3. The Bertz CT molecular complexity index is 1100. The van der Waals surface area contributed by atoms with Crippen molar-refractivity contribution < 1.29 is 19.4 Å². The maximum Gasteiger partial charge on any atom is 0.322 e. The lowest BCUT2D eigenvalue weighted by molar-refractivity contribution is -0.159. The average molecular weight is 462 g/mol. The number of hydrogen-bond donors (Lipinski definition) is 2. The number of anilines is 1. The minimum absolute atomic E-state index is 0.0227. The number of hydrogen-bond acceptors (Lipinski definition) is 4. The zero-order valence-corrected chi connectivity index (χ0v) is 19.8. The third-order valence-electron chi connectivity index (χ3n) is 6.43. The van der Waals surface area contributed by atoms with Crippen molar-refractivity contribution in [3.63, 3.8) is 0 Å². The molecule has 0 radical (unpaired) electrons.